The first-order chi connectivity index (χ1) is 8.91. The average molecular weight is 285 g/mol. The molecular formula is C11H15N3O4S. The Hall–Kier alpha value is -1.64. The fraction of sp³-hybridized carbons (Fsp3) is 0.364. The molecule has 1 aromatic rings. The van der Waals surface area contributed by atoms with Crippen molar-refractivity contribution < 1.29 is 17.9 Å². The predicted octanol–water partition coefficient (Wildman–Crippen LogP) is -0.499. The first kappa shape index (κ1) is 13.8. The maximum atomic E-state index is 11.8. The molecule has 1 fully saturated rings. The lowest BCUT2D eigenvalue weighted by atomic mass is 10.0. The molecule has 0 aliphatic carbocycles. The molecule has 2 rings (SSSR count). The highest BCUT2D eigenvalue weighted by molar-refractivity contribution is 7.89. The Morgan fingerprint density at radius 1 is 1.47 bits per heavy atom. The van der Waals surface area contributed by atoms with Crippen LogP contribution in [0.2, 0.25) is 0 Å². The Morgan fingerprint density at radius 3 is 2.63 bits per heavy atom. The van der Waals surface area contributed by atoms with E-state index >= 15 is 0 Å². The fourth-order valence-electron chi connectivity index (χ4n) is 1.67. The van der Waals surface area contributed by atoms with E-state index in [1.165, 1.54) is 25.3 Å². The minimum atomic E-state index is -3.82. The SMILES string of the molecule is COc1ccc(S(N)(=O)=O)cc1NC(=O)C1CNC1. The van der Waals surface area contributed by atoms with Gasteiger partial charge in [-0.05, 0) is 18.2 Å². The average Bonchev–Trinajstić information content (AvgIpc) is 2.25. The number of primary sulfonamides is 1. The minimum Gasteiger partial charge on any atom is -0.495 e. The zero-order valence-electron chi connectivity index (χ0n) is 10.3. The topological polar surface area (TPSA) is 111 Å². The van der Waals surface area contributed by atoms with E-state index in [2.05, 4.69) is 10.6 Å². The molecule has 4 N–H and O–H groups in total. The summed E-state index contributed by atoms with van der Waals surface area (Å²) >= 11 is 0. The van der Waals surface area contributed by atoms with E-state index in [0.29, 0.717) is 24.5 Å². The van der Waals surface area contributed by atoms with Crippen molar-refractivity contribution in [3.63, 3.8) is 0 Å². The van der Waals surface area contributed by atoms with Crippen LogP contribution in [0, 0.1) is 5.92 Å². The number of rotatable bonds is 4. The molecule has 1 aromatic carbocycles. The molecule has 0 unspecified atom stereocenters. The number of sulfonamides is 1. The van der Waals surface area contributed by atoms with Gasteiger partial charge in [0.15, 0.2) is 0 Å². The van der Waals surface area contributed by atoms with Crippen LogP contribution < -0.4 is 20.5 Å². The molecule has 1 amide bonds. The lowest BCUT2D eigenvalue weighted by molar-refractivity contribution is -0.121. The fourth-order valence-corrected chi connectivity index (χ4v) is 2.21. The van der Waals surface area contributed by atoms with Crippen molar-refractivity contribution in [1.29, 1.82) is 0 Å². The van der Waals surface area contributed by atoms with Crippen molar-refractivity contribution in [1.82, 2.24) is 5.32 Å². The van der Waals surface area contributed by atoms with Gasteiger partial charge in [-0.15, -0.1) is 0 Å². The molecule has 8 heteroatoms. The number of anilines is 1. The van der Waals surface area contributed by atoms with Gasteiger partial charge in [-0.1, -0.05) is 0 Å². The van der Waals surface area contributed by atoms with Crippen LogP contribution >= 0.6 is 0 Å². The van der Waals surface area contributed by atoms with Crippen molar-refractivity contribution in [3.05, 3.63) is 18.2 Å². The van der Waals surface area contributed by atoms with Gasteiger partial charge in [-0.25, -0.2) is 13.6 Å². The van der Waals surface area contributed by atoms with Crippen LogP contribution in [0.5, 0.6) is 5.75 Å². The second-order valence-corrected chi connectivity index (χ2v) is 5.81. The van der Waals surface area contributed by atoms with E-state index in [0.717, 1.165) is 0 Å². The van der Waals surface area contributed by atoms with Gasteiger partial charge in [0.2, 0.25) is 15.9 Å². The zero-order chi connectivity index (χ0) is 14.0. The van der Waals surface area contributed by atoms with Crippen LogP contribution in [0.4, 0.5) is 5.69 Å². The van der Waals surface area contributed by atoms with Gasteiger partial charge in [0, 0.05) is 13.1 Å². The highest BCUT2D eigenvalue weighted by atomic mass is 32.2. The normalized spacial score (nSPS) is 15.7. The molecule has 0 aromatic heterocycles. The lowest BCUT2D eigenvalue weighted by Crippen LogP contribution is -2.48. The van der Waals surface area contributed by atoms with Crippen molar-refractivity contribution >= 4 is 21.6 Å². The summed E-state index contributed by atoms with van der Waals surface area (Å²) < 4.78 is 27.7. The molecule has 0 atom stereocenters. The molecule has 1 aliphatic heterocycles. The van der Waals surface area contributed by atoms with Gasteiger partial charge in [0.25, 0.3) is 0 Å². The first-order valence-electron chi connectivity index (χ1n) is 5.64. The van der Waals surface area contributed by atoms with E-state index in [1.54, 1.807) is 0 Å². The Bertz CT molecular complexity index is 596. The maximum absolute atomic E-state index is 11.8. The third-order valence-corrected chi connectivity index (χ3v) is 3.82. The summed E-state index contributed by atoms with van der Waals surface area (Å²) in [4.78, 5) is 11.8. The molecule has 0 radical (unpaired) electrons. The number of methoxy groups -OCH3 is 1. The Labute approximate surface area is 111 Å². The monoisotopic (exact) mass is 285 g/mol. The smallest absolute Gasteiger partial charge is 0.238 e. The second-order valence-electron chi connectivity index (χ2n) is 4.25. The number of hydrogen-bond donors (Lipinski definition) is 3. The summed E-state index contributed by atoms with van der Waals surface area (Å²) in [6.45, 7) is 1.23. The molecular weight excluding hydrogens is 270 g/mol. The Balaban J connectivity index is 2.28. The number of nitrogens with one attached hydrogen (secondary N) is 2. The van der Waals surface area contributed by atoms with Gasteiger partial charge in [0.05, 0.1) is 23.6 Å². The van der Waals surface area contributed by atoms with E-state index in [1.807, 2.05) is 0 Å². The number of carbonyl (C=O) groups is 1. The number of hydrogen-bond acceptors (Lipinski definition) is 5. The molecule has 1 heterocycles. The number of amides is 1. The largest absolute Gasteiger partial charge is 0.495 e. The third kappa shape index (κ3) is 3.03. The van der Waals surface area contributed by atoms with Gasteiger partial charge < -0.3 is 15.4 Å². The van der Waals surface area contributed by atoms with Gasteiger partial charge in [-0.3, -0.25) is 4.79 Å². The van der Waals surface area contributed by atoms with Gasteiger partial charge >= 0.3 is 0 Å². The summed E-state index contributed by atoms with van der Waals surface area (Å²) in [5, 5.41) is 10.7. The molecule has 7 nitrogen and oxygen atoms in total. The standard InChI is InChI=1S/C11H15N3O4S/c1-18-10-3-2-8(19(12,16)17)4-9(10)14-11(15)7-5-13-6-7/h2-4,7,13H,5-6H2,1H3,(H,14,15)(H2,12,16,17). The van der Waals surface area contributed by atoms with Crippen molar-refractivity contribution in [2.45, 2.75) is 4.90 Å². The summed E-state index contributed by atoms with van der Waals surface area (Å²) in [6, 6.07) is 4.07. The summed E-state index contributed by atoms with van der Waals surface area (Å²) in [7, 11) is -2.38. The predicted molar refractivity (Wildman–Crippen MR) is 69.4 cm³/mol. The van der Waals surface area contributed by atoms with Crippen LogP contribution in [0.15, 0.2) is 23.1 Å². The third-order valence-electron chi connectivity index (χ3n) is 2.91. The highest BCUT2D eigenvalue weighted by Gasteiger charge is 2.25. The van der Waals surface area contributed by atoms with Crippen LogP contribution in [-0.4, -0.2) is 34.5 Å². The molecule has 0 bridgehead atoms. The van der Waals surface area contributed by atoms with Gasteiger partial charge in [0.1, 0.15) is 5.75 Å². The van der Waals surface area contributed by atoms with E-state index < -0.39 is 10.0 Å². The summed E-state index contributed by atoms with van der Waals surface area (Å²) in [5.41, 5.74) is 0.297. The quantitative estimate of drug-likeness (QED) is 0.690. The van der Waals surface area contributed by atoms with E-state index in [-0.39, 0.29) is 16.7 Å². The van der Waals surface area contributed by atoms with Crippen molar-refractivity contribution in [3.8, 4) is 5.75 Å². The number of ether oxygens (including phenoxy) is 1. The summed E-state index contributed by atoms with van der Waals surface area (Å²) in [5.74, 6) is 0.0968. The van der Waals surface area contributed by atoms with Crippen LogP contribution in [0.3, 0.4) is 0 Å². The Kier molecular flexibility index (Phi) is 3.74. The molecule has 104 valence electrons. The number of benzene rings is 1. The Morgan fingerprint density at radius 2 is 2.16 bits per heavy atom. The van der Waals surface area contributed by atoms with Crippen molar-refractivity contribution in [2.75, 3.05) is 25.5 Å². The highest BCUT2D eigenvalue weighted by Crippen LogP contribution is 2.27. The van der Waals surface area contributed by atoms with Gasteiger partial charge in [-0.2, -0.15) is 0 Å². The molecule has 0 spiro atoms. The molecule has 19 heavy (non-hydrogen) atoms. The van der Waals surface area contributed by atoms with Crippen LogP contribution in [0.1, 0.15) is 0 Å². The summed E-state index contributed by atoms with van der Waals surface area (Å²) in [6.07, 6.45) is 0. The van der Waals surface area contributed by atoms with E-state index in [9.17, 15) is 13.2 Å². The molecule has 1 saturated heterocycles. The number of carbonyl (C=O) groups excluding carboxylic acids is 1. The molecule has 1 aliphatic rings. The first-order valence-corrected chi connectivity index (χ1v) is 7.19. The maximum Gasteiger partial charge on any atom is 0.238 e. The van der Waals surface area contributed by atoms with Crippen molar-refractivity contribution in [2.24, 2.45) is 11.1 Å². The molecule has 0 saturated carbocycles. The minimum absolute atomic E-state index is 0.0738. The van der Waals surface area contributed by atoms with E-state index in [4.69, 9.17) is 9.88 Å². The zero-order valence-corrected chi connectivity index (χ0v) is 11.2. The lowest BCUT2D eigenvalue weighted by Gasteiger charge is -2.26. The second kappa shape index (κ2) is 5.16. The van der Waals surface area contributed by atoms with Crippen LogP contribution in [0.25, 0.3) is 0 Å². The van der Waals surface area contributed by atoms with Crippen LogP contribution in [-0.2, 0) is 14.8 Å². The number of nitrogens with two attached hydrogens (primary N) is 1.